The van der Waals surface area contributed by atoms with Crippen LogP contribution in [0.3, 0.4) is 0 Å². The lowest BCUT2D eigenvalue weighted by molar-refractivity contribution is -0.119. The third kappa shape index (κ3) is 4.32. The minimum absolute atomic E-state index is 0.0535. The van der Waals surface area contributed by atoms with Gasteiger partial charge in [0.1, 0.15) is 6.54 Å². The van der Waals surface area contributed by atoms with Crippen molar-refractivity contribution in [3.63, 3.8) is 0 Å². The van der Waals surface area contributed by atoms with E-state index in [0.717, 1.165) is 15.3 Å². The monoisotopic (exact) mass is 498 g/mol. The number of para-hydroxylation sites is 1. The molecule has 0 radical (unpaired) electrons. The number of anilines is 2. The van der Waals surface area contributed by atoms with Crippen LogP contribution in [0.4, 0.5) is 11.4 Å². The summed E-state index contributed by atoms with van der Waals surface area (Å²) in [6.45, 7) is 1.36. The molecule has 9 heteroatoms. The van der Waals surface area contributed by atoms with Crippen molar-refractivity contribution in [2.75, 3.05) is 16.2 Å². The molecule has 0 fully saturated rings. The van der Waals surface area contributed by atoms with Crippen molar-refractivity contribution in [3.05, 3.63) is 102 Å². The standard InChI is InChI=1S/C27H22N4O4S/c1-18-13-15-20(16-14-18)31(36(34,35)24-12-6-8-19-7-2-3-9-21(19)24)17-25(32)29-30-26-22-10-4-5-11-23(22)28-27(26)33/h2-16H,17H2,1H3,(H,29,32)(H,28,30,33). The quantitative estimate of drug-likeness (QED) is 0.394. The Kier molecular flexibility index (Phi) is 5.99. The molecule has 4 aromatic rings. The summed E-state index contributed by atoms with van der Waals surface area (Å²) < 4.78 is 28.8. The third-order valence-corrected chi connectivity index (χ3v) is 7.70. The minimum atomic E-state index is -4.14. The first-order valence-corrected chi connectivity index (χ1v) is 12.6. The lowest BCUT2D eigenvalue weighted by Gasteiger charge is -2.24. The van der Waals surface area contributed by atoms with Crippen molar-refractivity contribution >= 4 is 49.7 Å². The number of aryl methyl sites for hydroxylation is 1. The Morgan fingerprint density at radius 1 is 0.917 bits per heavy atom. The number of hydrogen-bond acceptors (Lipinski definition) is 5. The summed E-state index contributed by atoms with van der Waals surface area (Å²) in [4.78, 5) is 25.3. The smallest absolute Gasteiger partial charge is 0.276 e. The van der Waals surface area contributed by atoms with Gasteiger partial charge in [0.05, 0.1) is 16.3 Å². The number of amides is 2. The summed E-state index contributed by atoms with van der Waals surface area (Å²) in [5.41, 5.74) is 4.83. The molecule has 2 N–H and O–H groups in total. The molecular formula is C27H22N4O4S. The van der Waals surface area contributed by atoms with Crippen LogP contribution in [0.1, 0.15) is 11.1 Å². The molecule has 4 aromatic carbocycles. The van der Waals surface area contributed by atoms with E-state index in [9.17, 15) is 18.0 Å². The number of nitrogens with zero attached hydrogens (tertiary/aromatic N) is 2. The van der Waals surface area contributed by atoms with Gasteiger partial charge in [-0.05, 0) is 36.6 Å². The van der Waals surface area contributed by atoms with Crippen molar-refractivity contribution in [3.8, 4) is 0 Å². The second-order valence-electron chi connectivity index (χ2n) is 8.32. The maximum Gasteiger partial charge on any atom is 0.276 e. The van der Waals surface area contributed by atoms with Gasteiger partial charge in [0.2, 0.25) is 0 Å². The van der Waals surface area contributed by atoms with Crippen LogP contribution >= 0.6 is 0 Å². The Hall–Kier alpha value is -4.50. The summed E-state index contributed by atoms with van der Waals surface area (Å²) >= 11 is 0. The van der Waals surface area contributed by atoms with Gasteiger partial charge in [-0.1, -0.05) is 72.3 Å². The van der Waals surface area contributed by atoms with Crippen LogP contribution in [0, 0.1) is 6.92 Å². The van der Waals surface area contributed by atoms with Crippen LogP contribution < -0.4 is 15.0 Å². The molecule has 0 bridgehead atoms. The van der Waals surface area contributed by atoms with E-state index in [4.69, 9.17) is 0 Å². The maximum absolute atomic E-state index is 13.9. The first-order valence-electron chi connectivity index (χ1n) is 11.2. The van der Waals surface area contributed by atoms with Gasteiger partial charge in [0, 0.05) is 10.9 Å². The zero-order valence-electron chi connectivity index (χ0n) is 19.3. The Morgan fingerprint density at radius 2 is 1.61 bits per heavy atom. The van der Waals surface area contributed by atoms with Crippen LogP contribution in [0.5, 0.6) is 0 Å². The second kappa shape index (κ2) is 9.27. The van der Waals surface area contributed by atoms with Gasteiger partial charge in [-0.3, -0.25) is 13.9 Å². The molecule has 1 aliphatic rings. The average molecular weight is 499 g/mol. The van der Waals surface area contributed by atoms with Gasteiger partial charge in [0.15, 0.2) is 5.71 Å². The number of fused-ring (bicyclic) bond motifs is 2. The normalized spacial score (nSPS) is 13.9. The number of rotatable bonds is 6. The highest BCUT2D eigenvalue weighted by Crippen LogP contribution is 2.29. The van der Waals surface area contributed by atoms with Crippen LogP contribution in [0.15, 0.2) is 101 Å². The van der Waals surface area contributed by atoms with Crippen molar-refractivity contribution in [2.45, 2.75) is 11.8 Å². The van der Waals surface area contributed by atoms with Crippen LogP contribution in [-0.2, 0) is 19.6 Å². The van der Waals surface area contributed by atoms with Crippen LogP contribution in [0.25, 0.3) is 10.8 Å². The Bertz CT molecular complexity index is 1620. The van der Waals surface area contributed by atoms with Gasteiger partial charge >= 0.3 is 0 Å². The predicted octanol–water partition coefficient (Wildman–Crippen LogP) is 3.82. The lowest BCUT2D eigenvalue weighted by Crippen LogP contribution is -2.40. The molecule has 0 aliphatic carbocycles. The SMILES string of the molecule is Cc1ccc(N(CC(=O)N/N=C2/C(=O)Nc3ccccc32)S(=O)(=O)c2cccc3ccccc23)cc1. The molecule has 0 saturated heterocycles. The number of hydrazone groups is 1. The molecular weight excluding hydrogens is 476 g/mol. The van der Waals surface area contributed by atoms with E-state index in [1.807, 2.05) is 25.1 Å². The summed E-state index contributed by atoms with van der Waals surface area (Å²) in [7, 11) is -4.14. The Morgan fingerprint density at radius 3 is 2.42 bits per heavy atom. The molecule has 1 aliphatic heterocycles. The van der Waals surface area contributed by atoms with E-state index in [0.29, 0.717) is 22.3 Å². The van der Waals surface area contributed by atoms with Gasteiger partial charge in [-0.25, -0.2) is 13.8 Å². The summed E-state index contributed by atoms with van der Waals surface area (Å²) in [6, 6.07) is 26.0. The molecule has 1 heterocycles. The summed E-state index contributed by atoms with van der Waals surface area (Å²) in [5, 5.41) is 7.99. The molecule has 0 spiro atoms. The van der Waals surface area contributed by atoms with Crippen LogP contribution in [0.2, 0.25) is 0 Å². The van der Waals surface area contributed by atoms with Crippen molar-refractivity contribution in [1.82, 2.24) is 5.43 Å². The average Bonchev–Trinajstić information content (AvgIpc) is 3.21. The number of benzene rings is 4. The fourth-order valence-electron chi connectivity index (χ4n) is 4.06. The summed E-state index contributed by atoms with van der Waals surface area (Å²) in [5.74, 6) is -1.14. The van der Waals surface area contributed by atoms with E-state index in [1.165, 1.54) is 6.07 Å². The number of hydrogen-bond donors (Lipinski definition) is 2. The van der Waals surface area contributed by atoms with E-state index in [-0.39, 0.29) is 10.6 Å². The van der Waals surface area contributed by atoms with Crippen molar-refractivity contribution in [2.24, 2.45) is 5.10 Å². The van der Waals surface area contributed by atoms with E-state index >= 15 is 0 Å². The van der Waals surface area contributed by atoms with Gasteiger partial charge in [-0.15, -0.1) is 0 Å². The fourth-order valence-corrected chi connectivity index (χ4v) is 5.70. The minimum Gasteiger partial charge on any atom is -0.320 e. The van der Waals surface area contributed by atoms with Crippen molar-refractivity contribution in [1.29, 1.82) is 0 Å². The van der Waals surface area contributed by atoms with Gasteiger partial charge < -0.3 is 5.32 Å². The topological polar surface area (TPSA) is 108 Å². The third-order valence-electron chi connectivity index (χ3n) is 5.86. The highest BCUT2D eigenvalue weighted by atomic mass is 32.2. The van der Waals surface area contributed by atoms with Crippen molar-refractivity contribution < 1.29 is 18.0 Å². The first-order chi connectivity index (χ1) is 17.3. The van der Waals surface area contributed by atoms with E-state index in [1.54, 1.807) is 66.7 Å². The Labute approximate surface area is 208 Å². The largest absolute Gasteiger partial charge is 0.320 e. The zero-order valence-corrected chi connectivity index (χ0v) is 20.1. The molecule has 0 saturated carbocycles. The lowest BCUT2D eigenvalue weighted by atomic mass is 10.1. The Balaban J connectivity index is 1.49. The molecule has 8 nitrogen and oxygen atoms in total. The molecule has 5 rings (SSSR count). The molecule has 0 atom stereocenters. The maximum atomic E-state index is 13.9. The highest BCUT2D eigenvalue weighted by Gasteiger charge is 2.30. The number of carbonyl (C=O) groups excluding carboxylic acids is 2. The number of carbonyl (C=O) groups is 2. The molecule has 2 amide bonds. The number of nitrogens with one attached hydrogen (secondary N) is 2. The predicted molar refractivity (Wildman–Crippen MR) is 139 cm³/mol. The number of sulfonamides is 1. The molecule has 0 unspecified atom stereocenters. The first kappa shape index (κ1) is 23.3. The van der Waals surface area contributed by atoms with E-state index < -0.39 is 28.4 Å². The molecule has 180 valence electrons. The second-order valence-corrected chi connectivity index (χ2v) is 10.2. The van der Waals surface area contributed by atoms with E-state index in [2.05, 4.69) is 15.8 Å². The van der Waals surface area contributed by atoms with Crippen LogP contribution in [-0.4, -0.2) is 32.5 Å². The zero-order chi connectivity index (χ0) is 25.3. The van der Waals surface area contributed by atoms with Gasteiger partial charge in [0.25, 0.3) is 21.8 Å². The summed E-state index contributed by atoms with van der Waals surface area (Å²) in [6.07, 6.45) is 0. The fraction of sp³-hybridized carbons (Fsp3) is 0.0741. The van der Waals surface area contributed by atoms with Gasteiger partial charge in [-0.2, -0.15) is 5.10 Å². The molecule has 36 heavy (non-hydrogen) atoms. The highest BCUT2D eigenvalue weighted by molar-refractivity contribution is 7.93. The molecule has 0 aromatic heterocycles.